The van der Waals surface area contributed by atoms with Crippen LogP contribution in [-0.2, 0) is 9.59 Å². The molecule has 27 heavy (non-hydrogen) atoms. The van der Waals surface area contributed by atoms with Crippen LogP contribution in [0.5, 0.6) is 0 Å². The van der Waals surface area contributed by atoms with Crippen LogP contribution in [0.15, 0.2) is 27.8 Å². The van der Waals surface area contributed by atoms with Crippen LogP contribution in [0.4, 0.5) is 4.79 Å². The number of carbonyl (C=O) groups is 3. The first-order chi connectivity index (χ1) is 12.9. The lowest BCUT2D eigenvalue weighted by atomic mass is 10.1. The molecular formula is C17H18N4O4S2. The Balaban J connectivity index is 1.45. The fourth-order valence-corrected chi connectivity index (χ4v) is 3.69. The number of nitrogens with one attached hydrogen (secondary N) is 1. The Bertz CT molecular complexity index is 868. The van der Waals surface area contributed by atoms with Crippen LogP contribution >= 0.6 is 23.5 Å². The molecule has 0 unspecified atom stereocenters. The van der Waals surface area contributed by atoms with Gasteiger partial charge in [0.15, 0.2) is 0 Å². The second-order valence-corrected chi connectivity index (χ2v) is 7.76. The molecule has 1 aromatic carbocycles. The van der Waals surface area contributed by atoms with Crippen molar-refractivity contribution in [3.8, 4) is 11.5 Å². The lowest BCUT2D eigenvalue weighted by molar-refractivity contribution is -0.125. The van der Waals surface area contributed by atoms with Gasteiger partial charge in [-0.2, -0.15) is 0 Å². The SMILES string of the molecule is Cc1ccc(-c2nnc(SCC(=O)NCCN3C(=O)CSC3=O)o2)cc1C. The first-order valence-electron chi connectivity index (χ1n) is 8.22. The summed E-state index contributed by atoms with van der Waals surface area (Å²) in [5.74, 6) is 0.217. The molecule has 0 atom stereocenters. The van der Waals surface area contributed by atoms with Crippen molar-refractivity contribution < 1.29 is 18.8 Å². The fourth-order valence-electron chi connectivity index (χ4n) is 2.34. The van der Waals surface area contributed by atoms with Gasteiger partial charge in [-0.25, -0.2) is 0 Å². The van der Waals surface area contributed by atoms with Crippen molar-refractivity contribution in [2.45, 2.75) is 19.1 Å². The number of imide groups is 1. The predicted octanol–water partition coefficient (Wildman–Crippen LogP) is 2.26. The monoisotopic (exact) mass is 406 g/mol. The van der Waals surface area contributed by atoms with E-state index in [9.17, 15) is 14.4 Å². The quantitative estimate of drug-likeness (QED) is 0.698. The highest BCUT2D eigenvalue weighted by Gasteiger charge is 2.29. The number of hydrogen-bond donors (Lipinski definition) is 1. The van der Waals surface area contributed by atoms with Crippen molar-refractivity contribution in [3.05, 3.63) is 29.3 Å². The molecule has 1 aliphatic rings. The maximum atomic E-state index is 11.9. The zero-order chi connectivity index (χ0) is 19.4. The summed E-state index contributed by atoms with van der Waals surface area (Å²) in [7, 11) is 0. The molecule has 0 spiro atoms. The minimum atomic E-state index is -0.270. The molecule has 2 aromatic rings. The third-order valence-corrected chi connectivity index (χ3v) is 5.66. The molecule has 0 aliphatic carbocycles. The molecule has 3 amide bonds. The van der Waals surface area contributed by atoms with Crippen LogP contribution in [0.2, 0.25) is 0 Å². The lowest BCUT2D eigenvalue weighted by Gasteiger charge is -2.12. The molecule has 10 heteroatoms. The molecule has 2 heterocycles. The fraction of sp³-hybridized carbons (Fsp3) is 0.353. The molecule has 8 nitrogen and oxygen atoms in total. The molecule has 1 saturated heterocycles. The summed E-state index contributed by atoms with van der Waals surface area (Å²) in [6.07, 6.45) is 0. The zero-order valence-corrected chi connectivity index (χ0v) is 16.5. The summed E-state index contributed by atoms with van der Waals surface area (Å²) in [4.78, 5) is 36.0. The van der Waals surface area contributed by atoms with E-state index in [0.29, 0.717) is 11.1 Å². The van der Waals surface area contributed by atoms with E-state index >= 15 is 0 Å². The molecule has 1 aliphatic heterocycles. The largest absolute Gasteiger partial charge is 0.411 e. The van der Waals surface area contributed by atoms with Gasteiger partial charge >= 0.3 is 0 Å². The van der Waals surface area contributed by atoms with Gasteiger partial charge in [-0.1, -0.05) is 29.6 Å². The highest BCUT2D eigenvalue weighted by atomic mass is 32.2. The van der Waals surface area contributed by atoms with Crippen LogP contribution < -0.4 is 5.32 Å². The molecular weight excluding hydrogens is 388 g/mol. The van der Waals surface area contributed by atoms with E-state index in [4.69, 9.17) is 4.42 Å². The van der Waals surface area contributed by atoms with Crippen molar-refractivity contribution in [3.63, 3.8) is 0 Å². The highest BCUT2D eigenvalue weighted by molar-refractivity contribution is 8.14. The van der Waals surface area contributed by atoms with E-state index < -0.39 is 0 Å². The van der Waals surface area contributed by atoms with Gasteiger partial charge in [0.1, 0.15) is 0 Å². The second kappa shape index (κ2) is 8.57. The van der Waals surface area contributed by atoms with Crippen LogP contribution in [0.3, 0.4) is 0 Å². The van der Waals surface area contributed by atoms with Gasteiger partial charge in [-0.05, 0) is 37.1 Å². The maximum absolute atomic E-state index is 11.9. The number of aryl methyl sites for hydroxylation is 2. The van der Waals surface area contributed by atoms with Gasteiger partial charge < -0.3 is 9.73 Å². The Morgan fingerprint density at radius 1 is 1.30 bits per heavy atom. The molecule has 1 N–H and O–H groups in total. The van der Waals surface area contributed by atoms with Crippen LogP contribution in [0.25, 0.3) is 11.5 Å². The van der Waals surface area contributed by atoms with Crippen molar-refractivity contribution in [2.24, 2.45) is 0 Å². The van der Waals surface area contributed by atoms with E-state index in [1.807, 2.05) is 32.0 Å². The van der Waals surface area contributed by atoms with Crippen molar-refractivity contribution in [1.29, 1.82) is 0 Å². The zero-order valence-electron chi connectivity index (χ0n) is 14.9. The standard InChI is InChI=1S/C17H18N4O4S2/c1-10-3-4-12(7-11(10)2)15-19-20-16(25-15)26-8-13(22)18-5-6-21-14(23)9-27-17(21)24/h3-4,7H,5-6,8-9H2,1-2H3,(H,18,22). The minimum Gasteiger partial charge on any atom is -0.411 e. The smallest absolute Gasteiger partial charge is 0.288 e. The van der Waals surface area contributed by atoms with Gasteiger partial charge in [0.05, 0.1) is 11.5 Å². The summed E-state index contributed by atoms with van der Waals surface area (Å²) < 4.78 is 5.59. The van der Waals surface area contributed by atoms with Crippen LogP contribution in [0.1, 0.15) is 11.1 Å². The minimum absolute atomic E-state index is 0.102. The average molecular weight is 406 g/mol. The Kier molecular flexibility index (Phi) is 6.17. The van der Waals surface area contributed by atoms with Gasteiger partial charge in [0, 0.05) is 18.7 Å². The van der Waals surface area contributed by atoms with E-state index in [1.54, 1.807) is 0 Å². The number of thioether (sulfide) groups is 2. The van der Waals surface area contributed by atoms with Gasteiger partial charge in [0.25, 0.3) is 10.5 Å². The Labute approximate surface area is 164 Å². The molecule has 0 saturated carbocycles. The first kappa shape index (κ1) is 19.4. The molecule has 0 radical (unpaired) electrons. The average Bonchev–Trinajstić information content (AvgIpc) is 3.24. The number of benzene rings is 1. The van der Waals surface area contributed by atoms with Gasteiger partial charge in [0.2, 0.25) is 17.7 Å². The third kappa shape index (κ3) is 4.89. The summed E-state index contributed by atoms with van der Waals surface area (Å²) in [5, 5.41) is 10.7. The second-order valence-electron chi connectivity index (χ2n) is 5.91. The predicted molar refractivity (Wildman–Crippen MR) is 103 cm³/mol. The topological polar surface area (TPSA) is 105 Å². The summed E-state index contributed by atoms with van der Waals surface area (Å²) in [6.45, 7) is 4.44. The number of hydrogen-bond acceptors (Lipinski definition) is 8. The van der Waals surface area contributed by atoms with Crippen molar-refractivity contribution in [1.82, 2.24) is 20.4 Å². The molecule has 0 bridgehead atoms. The van der Waals surface area contributed by atoms with Crippen LogP contribution in [-0.4, -0.2) is 56.7 Å². The first-order valence-corrected chi connectivity index (χ1v) is 10.2. The number of carbonyl (C=O) groups excluding carboxylic acids is 3. The Hall–Kier alpha value is -2.33. The maximum Gasteiger partial charge on any atom is 0.288 e. The lowest BCUT2D eigenvalue weighted by Crippen LogP contribution is -2.38. The number of nitrogens with zero attached hydrogens (tertiary/aromatic N) is 3. The molecule has 1 fully saturated rings. The Morgan fingerprint density at radius 2 is 2.11 bits per heavy atom. The summed E-state index contributed by atoms with van der Waals surface area (Å²) >= 11 is 2.11. The number of rotatable bonds is 7. The number of aromatic nitrogens is 2. The third-order valence-electron chi connectivity index (χ3n) is 3.99. The van der Waals surface area contributed by atoms with E-state index in [2.05, 4.69) is 15.5 Å². The molecule has 1 aromatic heterocycles. The summed E-state index contributed by atoms with van der Waals surface area (Å²) in [5.41, 5.74) is 3.15. The molecule has 142 valence electrons. The molecule has 3 rings (SSSR count). The van der Waals surface area contributed by atoms with Crippen LogP contribution in [0, 0.1) is 13.8 Å². The van der Waals surface area contributed by atoms with Crippen molar-refractivity contribution >= 4 is 40.6 Å². The summed E-state index contributed by atoms with van der Waals surface area (Å²) in [6, 6.07) is 5.88. The van der Waals surface area contributed by atoms with E-state index in [1.165, 1.54) is 5.56 Å². The normalized spacial score (nSPS) is 14.1. The van der Waals surface area contributed by atoms with E-state index in [-0.39, 0.29) is 41.6 Å². The van der Waals surface area contributed by atoms with Gasteiger partial charge in [-0.15, -0.1) is 10.2 Å². The number of amides is 3. The Morgan fingerprint density at radius 3 is 2.81 bits per heavy atom. The highest BCUT2D eigenvalue weighted by Crippen LogP contribution is 2.24. The van der Waals surface area contributed by atoms with Gasteiger partial charge in [-0.3, -0.25) is 19.3 Å². The van der Waals surface area contributed by atoms with Crippen molar-refractivity contribution in [2.75, 3.05) is 24.6 Å². The van der Waals surface area contributed by atoms with E-state index in [0.717, 1.165) is 39.6 Å².